The summed E-state index contributed by atoms with van der Waals surface area (Å²) in [4.78, 5) is 24.1. The second-order valence-corrected chi connectivity index (χ2v) is 10.6. The van der Waals surface area contributed by atoms with E-state index >= 15 is 0 Å². The fourth-order valence-electron chi connectivity index (χ4n) is 3.98. The second-order valence-electron chi connectivity index (χ2n) is 9.68. The van der Waals surface area contributed by atoms with Crippen molar-refractivity contribution in [3.05, 3.63) is 130 Å². The molecule has 0 aliphatic carbocycles. The maximum atomic E-state index is 11.1. The molecule has 43 heavy (non-hydrogen) atoms. The zero-order chi connectivity index (χ0) is 30.9. The van der Waals surface area contributed by atoms with Gasteiger partial charge in [-0.15, -0.1) is 0 Å². The van der Waals surface area contributed by atoms with Gasteiger partial charge in [-0.3, -0.25) is 9.69 Å². The lowest BCUT2D eigenvalue weighted by atomic mass is 10.1. The lowest BCUT2D eigenvalue weighted by Crippen LogP contribution is -2.28. The van der Waals surface area contributed by atoms with E-state index in [2.05, 4.69) is 4.90 Å². The molecule has 0 bridgehead atoms. The summed E-state index contributed by atoms with van der Waals surface area (Å²) in [6, 6.07) is 31.1. The zero-order valence-corrected chi connectivity index (χ0v) is 25.2. The molecule has 0 spiro atoms. The molecule has 4 aromatic carbocycles. The smallest absolute Gasteiger partial charge is 0.335 e. The van der Waals surface area contributed by atoms with E-state index in [0.717, 1.165) is 34.9 Å². The fourth-order valence-corrected chi connectivity index (χ4v) is 4.25. The Morgan fingerprint density at radius 1 is 0.674 bits per heavy atom. The Bertz CT molecular complexity index is 1380. The molecule has 4 aromatic rings. The summed E-state index contributed by atoms with van der Waals surface area (Å²) < 4.78 is 11.7. The van der Waals surface area contributed by atoms with E-state index < -0.39 is 11.9 Å². The summed E-state index contributed by atoms with van der Waals surface area (Å²) in [5, 5.41) is 19.4. The van der Waals surface area contributed by atoms with Gasteiger partial charge in [0.05, 0.1) is 18.8 Å². The van der Waals surface area contributed by atoms with Crippen LogP contribution in [0, 0.1) is 0 Å². The number of rotatable bonds is 15. The molecule has 0 heterocycles. The number of carboxylic acids is 2. The number of aliphatic carboxylic acids is 1. The molecule has 2 N–H and O–H groups in total. The summed E-state index contributed by atoms with van der Waals surface area (Å²) in [6.07, 6.45) is 1.51. The van der Waals surface area contributed by atoms with Gasteiger partial charge < -0.3 is 19.7 Å². The van der Waals surface area contributed by atoms with E-state index in [-0.39, 0.29) is 12.0 Å². The molecular weight excluding hydrogens is 589 g/mol. The van der Waals surface area contributed by atoms with E-state index in [4.69, 9.17) is 42.9 Å². The Kier molecular flexibility index (Phi) is 14.6. The Morgan fingerprint density at radius 3 is 1.81 bits per heavy atom. The molecule has 0 fully saturated rings. The summed E-state index contributed by atoms with van der Waals surface area (Å²) in [5.41, 5.74) is 2.27. The fraction of sp³-hybridized carbons (Fsp3) is 0.235. The molecular formula is C34H35Cl2NO6. The van der Waals surface area contributed by atoms with E-state index in [1.165, 1.54) is 0 Å². The minimum Gasteiger partial charge on any atom is -0.481 e. The average Bonchev–Trinajstić information content (AvgIpc) is 3.00. The van der Waals surface area contributed by atoms with Gasteiger partial charge in [0.15, 0.2) is 0 Å². The largest absolute Gasteiger partial charge is 0.481 e. The normalized spacial score (nSPS) is 10.6. The van der Waals surface area contributed by atoms with E-state index in [1.807, 2.05) is 78.9 Å². The van der Waals surface area contributed by atoms with Crippen molar-refractivity contribution in [2.75, 3.05) is 19.7 Å². The molecule has 4 rings (SSSR count). The number of nitrogens with zero attached hydrogens (tertiary/aromatic N) is 1. The zero-order valence-electron chi connectivity index (χ0n) is 23.7. The summed E-state index contributed by atoms with van der Waals surface area (Å²) >= 11 is 11.4. The van der Waals surface area contributed by atoms with Crippen LogP contribution in [0.1, 0.15) is 40.7 Å². The van der Waals surface area contributed by atoms with Crippen LogP contribution >= 0.6 is 23.2 Å². The Morgan fingerprint density at radius 2 is 1.26 bits per heavy atom. The van der Waals surface area contributed by atoms with Crippen molar-refractivity contribution in [2.45, 2.75) is 32.4 Å². The van der Waals surface area contributed by atoms with Crippen LogP contribution in [0.4, 0.5) is 0 Å². The van der Waals surface area contributed by atoms with Gasteiger partial charge in [0, 0.05) is 29.6 Å². The first-order chi connectivity index (χ1) is 20.8. The van der Waals surface area contributed by atoms with Crippen LogP contribution in [0.2, 0.25) is 10.0 Å². The second kappa shape index (κ2) is 18.6. The van der Waals surface area contributed by atoms with Crippen molar-refractivity contribution in [2.24, 2.45) is 0 Å². The van der Waals surface area contributed by atoms with Crippen molar-refractivity contribution < 1.29 is 29.3 Å². The van der Waals surface area contributed by atoms with Crippen LogP contribution in [0.25, 0.3) is 0 Å². The predicted octanol–water partition coefficient (Wildman–Crippen LogP) is 8.44. The molecule has 0 saturated carbocycles. The number of hydrogen-bond acceptors (Lipinski definition) is 5. The minimum atomic E-state index is -0.954. The van der Waals surface area contributed by atoms with Gasteiger partial charge in [-0.25, -0.2) is 4.79 Å². The van der Waals surface area contributed by atoms with Crippen molar-refractivity contribution in [1.29, 1.82) is 0 Å². The number of benzene rings is 4. The number of halogens is 2. The molecule has 0 aliphatic rings. The van der Waals surface area contributed by atoms with Gasteiger partial charge in [-0.1, -0.05) is 65.7 Å². The van der Waals surface area contributed by atoms with Crippen molar-refractivity contribution in [1.82, 2.24) is 4.90 Å². The van der Waals surface area contributed by atoms with Gasteiger partial charge in [-0.05, 0) is 91.2 Å². The van der Waals surface area contributed by atoms with E-state index in [1.54, 1.807) is 24.3 Å². The topological polar surface area (TPSA) is 96.3 Å². The highest BCUT2D eigenvalue weighted by atomic mass is 35.5. The lowest BCUT2D eigenvalue weighted by Gasteiger charge is -2.22. The van der Waals surface area contributed by atoms with Gasteiger partial charge in [0.25, 0.3) is 0 Å². The SMILES string of the molecule is Clc1ccccc1.O=C(O)CCCCN(CCOCc1ccc(Oc2ccc(Cl)cc2)cc1)Cc1ccc(C(=O)O)cc1. The van der Waals surface area contributed by atoms with Gasteiger partial charge in [0.1, 0.15) is 11.5 Å². The molecule has 0 aromatic heterocycles. The van der Waals surface area contributed by atoms with Gasteiger partial charge >= 0.3 is 11.9 Å². The van der Waals surface area contributed by atoms with Crippen molar-refractivity contribution in [3.8, 4) is 11.5 Å². The molecule has 0 saturated heterocycles. The third-order valence-electron chi connectivity index (χ3n) is 6.25. The quantitative estimate of drug-likeness (QED) is 0.128. The highest BCUT2D eigenvalue weighted by Gasteiger charge is 2.09. The first kappa shape index (κ1) is 33.6. The Labute approximate surface area is 262 Å². The molecule has 0 unspecified atom stereocenters. The lowest BCUT2D eigenvalue weighted by molar-refractivity contribution is -0.137. The van der Waals surface area contributed by atoms with Crippen molar-refractivity contribution >= 4 is 35.1 Å². The number of carbonyl (C=O) groups is 2. The van der Waals surface area contributed by atoms with Crippen LogP contribution in [-0.2, 0) is 22.7 Å². The van der Waals surface area contributed by atoms with Crippen molar-refractivity contribution in [3.63, 3.8) is 0 Å². The van der Waals surface area contributed by atoms with E-state index in [9.17, 15) is 9.59 Å². The number of aromatic carboxylic acids is 1. The third-order valence-corrected chi connectivity index (χ3v) is 6.75. The molecule has 0 amide bonds. The number of hydrogen-bond donors (Lipinski definition) is 2. The predicted molar refractivity (Wildman–Crippen MR) is 169 cm³/mol. The molecule has 9 heteroatoms. The number of unbranched alkanes of at least 4 members (excludes halogenated alkanes) is 1. The van der Waals surface area contributed by atoms with Gasteiger partial charge in [-0.2, -0.15) is 0 Å². The van der Waals surface area contributed by atoms with Crippen LogP contribution in [0.15, 0.2) is 103 Å². The van der Waals surface area contributed by atoms with Gasteiger partial charge in [0.2, 0.25) is 0 Å². The standard InChI is InChI=1S/C28H30ClNO6.C6H5Cl/c29-24-10-14-26(15-11-24)36-25-12-6-22(7-13-25)20-35-18-17-30(16-2-1-3-27(31)32)19-21-4-8-23(9-5-21)28(33)34;7-6-4-2-1-3-5-6/h4-15H,1-3,16-20H2,(H,31,32)(H,33,34);1-5H. The summed E-state index contributed by atoms with van der Waals surface area (Å²) in [6.45, 7) is 3.00. The summed E-state index contributed by atoms with van der Waals surface area (Å²) in [5.74, 6) is -0.309. The highest BCUT2D eigenvalue weighted by Crippen LogP contribution is 2.23. The third kappa shape index (κ3) is 13.8. The van der Waals surface area contributed by atoms with Crippen LogP contribution in [0.3, 0.4) is 0 Å². The number of carboxylic acid groups (broad SMARTS) is 2. The Balaban J connectivity index is 0.000000633. The maximum Gasteiger partial charge on any atom is 0.335 e. The van der Waals surface area contributed by atoms with Crippen LogP contribution in [-0.4, -0.2) is 46.7 Å². The first-order valence-corrected chi connectivity index (χ1v) is 14.6. The molecule has 0 atom stereocenters. The number of ether oxygens (including phenoxy) is 2. The average molecular weight is 625 g/mol. The first-order valence-electron chi connectivity index (χ1n) is 13.9. The van der Waals surface area contributed by atoms with E-state index in [0.29, 0.717) is 43.5 Å². The molecule has 0 aliphatic heterocycles. The minimum absolute atomic E-state index is 0.148. The van der Waals surface area contributed by atoms with Crippen LogP contribution < -0.4 is 4.74 Å². The highest BCUT2D eigenvalue weighted by molar-refractivity contribution is 6.30. The Hall–Kier alpha value is -3.88. The molecule has 7 nitrogen and oxygen atoms in total. The monoisotopic (exact) mass is 623 g/mol. The maximum absolute atomic E-state index is 11.1. The summed E-state index contributed by atoms with van der Waals surface area (Å²) in [7, 11) is 0. The van der Waals surface area contributed by atoms with Crippen LogP contribution in [0.5, 0.6) is 11.5 Å². The molecule has 0 radical (unpaired) electrons. The molecule has 226 valence electrons.